The summed E-state index contributed by atoms with van der Waals surface area (Å²) < 4.78 is 4.22. The van der Waals surface area contributed by atoms with Gasteiger partial charge in [-0.05, 0) is 6.42 Å². The van der Waals surface area contributed by atoms with Crippen LogP contribution in [-0.2, 0) is 9.32 Å². The van der Waals surface area contributed by atoms with E-state index in [-0.39, 0.29) is 12.6 Å². The first kappa shape index (κ1) is 7.86. The van der Waals surface area contributed by atoms with E-state index in [1.54, 1.807) is 0 Å². The molecule has 3 nitrogen and oxygen atoms in total. The van der Waals surface area contributed by atoms with Gasteiger partial charge >= 0.3 is 5.97 Å². The normalized spacial score (nSPS) is 8.75. The van der Waals surface area contributed by atoms with Crippen LogP contribution in [0, 0.1) is 0 Å². The van der Waals surface area contributed by atoms with E-state index in [0.29, 0.717) is 12.8 Å². The van der Waals surface area contributed by atoms with E-state index in [4.69, 9.17) is 5.11 Å². The van der Waals surface area contributed by atoms with Gasteiger partial charge < -0.3 is 9.63 Å². The molecule has 0 aromatic heterocycles. The smallest absolute Gasteiger partial charge is 0.308 e. The lowest BCUT2D eigenvalue weighted by atomic mass is 10.3. The van der Waals surface area contributed by atoms with Crippen molar-refractivity contribution >= 4 is 15.4 Å². The van der Waals surface area contributed by atoms with Gasteiger partial charge in [0, 0.05) is 13.0 Å². The van der Waals surface area contributed by atoms with E-state index in [2.05, 4.69) is 4.52 Å². The van der Waals surface area contributed by atoms with Crippen LogP contribution >= 0.6 is 9.47 Å². The average Bonchev–Trinajstić information content (AvgIpc) is 1.83. The Morgan fingerprint density at radius 1 is 1.75 bits per heavy atom. The summed E-state index contributed by atoms with van der Waals surface area (Å²) in [5.41, 5.74) is 0. The molecule has 1 atom stereocenters. The van der Waals surface area contributed by atoms with Crippen LogP contribution in [0.5, 0.6) is 0 Å². The van der Waals surface area contributed by atoms with E-state index in [1.807, 2.05) is 9.47 Å². The topological polar surface area (TPSA) is 46.5 Å². The van der Waals surface area contributed by atoms with Gasteiger partial charge in [0.2, 0.25) is 0 Å². The van der Waals surface area contributed by atoms with Crippen LogP contribution in [0.4, 0.5) is 0 Å². The minimum absolute atomic E-state index is 0.0414. The maximum absolute atomic E-state index is 10.2. The highest BCUT2D eigenvalue weighted by atomic mass is 31.0. The summed E-state index contributed by atoms with van der Waals surface area (Å²) in [7, 11) is 1.86. The van der Waals surface area contributed by atoms with E-state index in [0.717, 1.165) is 0 Å². The molecule has 48 valence electrons. The van der Waals surface area contributed by atoms with Crippen LogP contribution in [0.15, 0.2) is 0 Å². The lowest BCUT2D eigenvalue weighted by Crippen LogP contribution is -1.96. The molecule has 0 amide bonds. The Labute approximate surface area is 50.3 Å². The number of hydrogen-bond acceptors (Lipinski definition) is 3. The Bertz CT molecular complexity index is 73.7. The lowest BCUT2D eigenvalue weighted by molar-refractivity contribution is -0.133. The fraction of sp³-hybridized carbons (Fsp3) is 0.750. The largest absolute Gasteiger partial charge is 0.452 e. The zero-order chi connectivity index (χ0) is 6.41. The Morgan fingerprint density at radius 3 is 2.75 bits per heavy atom. The predicted octanol–water partition coefficient (Wildman–Crippen LogP) is 0.0922. The Kier molecular flexibility index (Phi) is 4.92. The fourth-order valence-electron chi connectivity index (χ4n) is 0.282. The van der Waals surface area contributed by atoms with Gasteiger partial charge in [0.25, 0.3) is 0 Å². The molecule has 4 heteroatoms. The van der Waals surface area contributed by atoms with Gasteiger partial charge in [-0.15, -0.1) is 0 Å². The van der Waals surface area contributed by atoms with Gasteiger partial charge in [-0.1, -0.05) is 0 Å². The molecule has 0 radical (unpaired) electrons. The quantitative estimate of drug-likeness (QED) is 0.559. The average molecular weight is 136 g/mol. The number of rotatable bonds is 3. The van der Waals surface area contributed by atoms with Crippen molar-refractivity contribution in [2.45, 2.75) is 12.8 Å². The van der Waals surface area contributed by atoms with E-state index in [1.165, 1.54) is 0 Å². The highest BCUT2D eigenvalue weighted by Gasteiger charge is 1.95. The molecular weight excluding hydrogens is 127 g/mol. The summed E-state index contributed by atoms with van der Waals surface area (Å²) in [6, 6.07) is 0. The van der Waals surface area contributed by atoms with Crippen LogP contribution in [-0.4, -0.2) is 17.7 Å². The zero-order valence-electron chi connectivity index (χ0n) is 4.46. The molecule has 0 aliphatic heterocycles. The molecule has 0 aromatic rings. The molecule has 0 aromatic carbocycles. The molecule has 1 N–H and O–H groups in total. The highest BCUT2D eigenvalue weighted by molar-refractivity contribution is 7.10. The maximum Gasteiger partial charge on any atom is 0.308 e. The Morgan fingerprint density at radius 2 is 2.38 bits per heavy atom. The van der Waals surface area contributed by atoms with Crippen LogP contribution in [0.1, 0.15) is 12.8 Å². The fourth-order valence-corrected chi connectivity index (χ4v) is 0.400. The van der Waals surface area contributed by atoms with Crippen molar-refractivity contribution in [1.82, 2.24) is 0 Å². The molecule has 0 bridgehead atoms. The van der Waals surface area contributed by atoms with Gasteiger partial charge in [-0.2, -0.15) is 0 Å². The summed E-state index contributed by atoms with van der Waals surface area (Å²) in [6.07, 6.45) is 0.771. The molecule has 0 fully saturated rings. The first-order chi connectivity index (χ1) is 3.81. The number of hydrogen-bond donors (Lipinski definition) is 1. The third kappa shape index (κ3) is 4.03. The maximum atomic E-state index is 10.2. The molecule has 0 saturated heterocycles. The van der Waals surface area contributed by atoms with Gasteiger partial charge in [0.05, 0.1) is 9.47 Å². The van der Waals surface area contributed by atoms with Crippen LogP contribution in [0.2, 0.25) is 0 Å². The van der Waals surface area contributed by atoms with Crippen molar-refractivity contribution in [3.05, 3.63) is 0 Å². The van der Waals surface area contributed by atoms with Crippen molar-refractivity contribution in [1.29, 1.82) is 0 Å². The molecule has 0 saturated carbocycles. The first-order valence-electron chi connectivity index (χ1n) is 2.31. The molecule has 0 heterocycles. The highest BCUT2D eigenvalue weighted by Crippen LogP contribution is 1.94. The molecule has 0 spiro atoms. The standard InChI is InChI=1S/C4H9O3P/c5-3-1-2-4(6)7-8/h5H,1-3,8H2. The number of aliphatic hydroxyl groups excluding tert-OH is 1. The van der Waals surface area contributed by atoms with Gasteiger partial charge in [-0.3, -0.25) is 4.79 Å². The molecule has 1 unspecified atom stereocenters. The van der Waals surface area contributed by atoms with E-state index in [9.17, 15) is 4.79 Å². The summed E-state index contributed by atoms with van der Waals surface area (Å²) in [5.74, 6) is -0.302. The minimum atomic E-state index is -0.302. The van der Waals surface area contributed by atoms with Crippen LogP contribution < -0.4 is 0 Å². The SMILES string of the molecule is O=C(CCCO)OP. The van der Waals surface area contributed by atoms with Gasteiger partial charge in [0.15, 0.2) is 0 Å². The van der Waals surface area contributed by atoms with Crippen molar-refractivity contribution in [3.63, 3.8) is 0 Å². The van der Waals surface area contributed by atoms with Crippen molar-refractivity contribution < 1.29 is 14.4 Å². The second-order valence-electron chi connectivity index (χ2n) is 1.32. The minimum Gasteiger partial charge on any atom is -0.452 e. The first-order valence-corrected chi connectivity index (χ1v) is 2.79. The summed E-state index contributed by atoms with van der Waals surface area (Å²) in [6.45, 7) is 0.0414. The second-order valence-corrected chi connectivity index (χ2v) is 1.55. The summed E-state index contributed by atoms with van der Waals surface area (Å²) in [5, 5.41) is 8.20. The third-order valence-corrected chi connectivity index (χ3v) is 0.933. The van der Waals surface area contributed by atoms with Gasteiger partial charge in [-0.25, -0.2) is 0 Å². The van der Waals surface area contributed by atoms with Crippen molar-refractivity contribution in [3.8, 4) is 0 Å². The van der Waals surface area contributed by atoms with E-state index < -0.39 is 0 Å². The zero-order valence-corrected chi connectivity index (χ0v) is 5.62. The monoisotopic (exact) mass is 136 g/mol. The van der Waals surface area contributed by atoms with Gasteiger partial charge in [0.1, 0.15) is 0 Å². The second kappa shape index (κ2) is 5.01. The number of carbonyl (C=O) groups excluding carboxylic acids is 1. The molecule has 0 aliphatic carbocycles. The van der Waals surface area contributed by atoms with Crippen LogP contribution in [0.25, 0.3) is 0 Å². The van der Waals surface area contributed by atoms with Crippen molar-refractivity contribution in [2.75, 3.05) is 6.61 Å². The Hall–Kier alpha value is -0.140. The summed E-state index contributed by atoms with van der Waals surface area (Å²) in [4.78, 5) is 10.2. The van der Waals surface area contributed by atoms with Crippen LogP contribution in [0.3, 0.4) is 0 Å². The summed E-state index contributed by atoms with van der Waals surface area (Å²) >= 11 is 0. The molecule has 0 aliphatic rings. The number of aliphatic hydroxyl groups is 1. The Balaban J connectivity index is 2.99. The van der Waals surface area contributed by atoms with E-state index >= 15 is 0 Å². The lowest BCUT2D eigenvalue weighted by Gasteiger charge is -1.93. The molecule has 8 heavy (non-hydrogen) atoms. The predicted molar refractivity (Wildman–Crippen MR) is 32.1 cm³/mol. The molecule has 0 rings (SSSR count). The number of carbonyl (C=O) groups is 1. The third-order valence-electron chi connectivity index (χ3n) is 0.670. The van der Waals surface area contributed by atoms with Crippen molar-refractivity contribution in [2.24, 2.45) is 0 Å². The molecular formula is C4H9O3P.